The fraction of sp³-hybridized carbons (Fsp3) is 0.538. The quantitative estimate of drug-likeness (QED) is 0.596. The van der Waals surface area contributed by atoms with E-state index in [9.17, 15) is 8.42 Å². The Hall–Kier alpha value is -0.653. The van der Waals surface area contributed by atoms with Crippen LogP contribution >= 0.6 is 0 Å². The maximum atomic E-state index is 12.0. The van der Waals surface area contributed by atoms with E-state index in [1.165, 1.54) is 0 Å². The Morgan fingerprint density at radius 1 is 1.11 bits per heavy atom. The highest BCUT2D eigenvalue weighted by Gasteiger charge is 2.16. The third kappa shape index (κ3) is 5.33. The molecule has 0 amide bonds. The van der Waals surface area contributed by atoms with Gasteiger partial charge >= 0.3 is 0 Å². The molecule has 1 aromatic rings. The minimum atomic E-state index is -3.30. The predicted molar refractivity (Wildman–Crippen MR) is 77.3 cm³/mol. The van der Waals surface area contributed by atoms with Crippen LogP contribution in [0.5, 0.6) is 0 Å². The first-order chi connectivity index (χ1) is 8.21. The van der Waals surface area contributed by atoms with Gasteiger partial charge in [0.05, 0.1) is 4.90 Å². The highest BCUT2D eigenvalue weighted by Crippen LogP contribution is 2.13. The zero-order valence-electron chi connectivity index (χ0n) is 11.6. The van der Waals surface area contributed by atoms with Crippen molar-refractivity contribution in [3.8, 4) is 0 Å². The first-order valence-corrected chi connectivity index (χ1v) is 11.4. The van der Waals surface area contributed by atoms with Gasteiger partial charge in [0, 0.05) is 14.7 Å². The predicted octanol–water partition coefficient (Wildman–Crippen LogP) is 3.08. The van der Waals surface area contributed by atoms with Crippen LogP contribution in [0.2, 0.25) is 25.7 Å². The van der Waals surface area contributed by atoms with Gasteiger partial charge in [0.15, 0.2) is 5.94 Å². The zero-order valence-corrected chi connectivity index (χ0v) is 13.4. The lowest BCUT2D eigenvalue weighted by atomic mass is 10.2. The average molecular weight is 286 g/mol. The van der Waals surface area contributed by atoms with Crippen molar-refractivity contribution >= 4 is 17.9 Å². The van der Waals surface area contributed by atoms with Crippen molar-refractivity contribution in [1.29, 1.82) is 0 Å². The van der Waals surface area contributed by atoms with Gasteiger partial charge in [-0.1, -0.05) is 37.3 Å². The Bertz CT molecular complexity index is 472. The van der Waals surface area contributed by atoms with E-state index in [0.29, 0.717) is 11.5 Å². The average Bonchev–Trinajstić information content (AvgIpc) is 2.24. The maximum Gasteiger partial charge on any atom is 0.202 e. The van der Waals surface area contributed by atoms with Crippen LogP contribution < -0.4 is 0 Å². The lowest BCUT2D eigenvalue weighted by molar-refractivity contribution is 0.191. The molecule has 0 atom stereocenters. The van der Waals surface area contributed by atoms with E-state index in [1.54, 1.807) is 24.3 Å². The van der Waals surface area contributed by atoms with Crippen LogP contribution in [0.1, 0.15) is 5.56 Å². The number of ether oxygens (including phenoxy) is 1. The van der Waals surface area contributed by atoms with Gasteiger partial charge in [0.2, 0.25) is 9.84 Å². The van der Waals surface area contributed by atoms with Crippen LogP contribution in [0.15, 0.2) is 29.2 Å². The maximum absolute atomic E-state index is 12.0. The van der Waals surface area contributed by atoms with Crippen LogP contribution in [0.4, 0.5) is 0 Å². The van der Waals surface area contributed by atoms with E-state index in [0.717, 1.165) is 11.6 Å². The van der Waals surface area contributed by atoms with Gasteiger partial charge < -0.3 is 4.74 Å². The molecule has 0 aliphatic carbocycles. The summed E-state index contributed by atoms with van der Waals surface area (Å²) < 4.78 is 29.2. The molecule has 0 radical (unpaired) electrons. The smallest absolute Gasteiger partial charge is 0.202 e. The molecule has 0 saturated heterocycles. The van der Waals surface area contributed by atoms with Gasteiger partial charge in [-0.3, -0.25) is 0 Å². The molecular formula is C13H22O3SSi. The highest BCUT2D eigenvalue weighted by atomic mass is 32.2. The standard InChI is InChI=1S/C13H22O3SSi/c1-12-5-7-13(8-6-12)17(14,15)11-16-9-10-18(2,3)4/h5-8H,9-11H2,1-4H3. The lowest BCUT2D eigenvalue weighted by Crippen LogP contribution is -2.22. The van der Waals surface area contributed by atoms with Crippen LogP contribution in [0.3, 0.4) is 0 Å². The Balaban J connectivity index is 2.53. The van der Waals surface area contributed by atoms with Gasteiger partial charge in [-0.25, -0.2) is 8.42 Å². The van der Waals surface area contributed by atoms with E-state index >= 15 is 0 Å². The second kappa shape index (κ2) is 5.99. The highest BCUT2D eigenvalue weighted by molar-refractivity contribution is 7.91. The molecule has 1 rings (SSSR count). The SMILES string of the molecule is Cc1ccc(S(=O)(=O)COCC[Si](C)(C)C)cc1. The van der Waals surface area contributed by atoms with Crippen molar-refractivity contribution in [3.63, 3.8) is 0 Å². The molecule has 0 heterocycles. The molecule has 0 unspecified atom stereocenters. The molecule has 0 aromatic heterocycles. The fourth-order valence-electron chi connectivity index (χ4n) is 1.36. The van der Waals surface area contributed by atoms with Crippen molar-refractivity contribution < 1.29 is 13.2 Å². The number of aryl methyl sites for hydroxylation is 1. The second-order valence-corrected chi connectivity index (χ2v) is 13.3. The molecule has 0 bridgehead atoms. The van der Waals surface area contributed by atoms with Gasteiger partial charge in [-0.05, 0) is 25.1 Å². The molecule has 0 aliphatic rings. The summed E-state index contributed by atoms with van der Waals surface area (Å²) in [7, 11) is -4.46. The van der Waals surface area contributed by atoms with Gasteiger partial charge in [-0.15, -0.1) is 0 Å². The van der Waals surface area contributed by atoms with Crippen molar-refractivity contribution in [2.45, 2.75) is 37.5 Å². The van der Waals surface area contributed by atoms with E-state index in [2.05, 4.69) is 19.6 Å². The third-order valence-electron chi connectivity index (χ3n) is 2.61. The Morgan fingerprint density at radius 2 is 1.67 bits per heavy atom. The number of hydrogen-bond acceptors (Lipinski definition) is 3. The molecule has 3 nitrogen and oxygen atoms in total. The molecule has 0 fully saturated rings. The molecule has 18 heavy (non-hydrogen) atoms. The minimum Gasteiger partial charge on any atom is -0.365 e. The molecule has 5 heteroatoms. The first-order valence-electron chi connectivity index (χ1n) is 6.08. The third-order valence-corrected chi connectivity index (χ3v) is 5.79. The normalized spacial score (nSPS) is 12.7. The number of hydrogen-bond donors (Lipinski definition) is 0. The second-order valence-electron chi connectivity index (χ2n) is 5.76. The van der Waals surface area contributed by atoms with Gasteiger partial charge in [0.1, 0.15) is 0 Å². The van der Waals surface area contributed by atoms with Crippen molar-refractivity contribution in [2.75, 3.05) is 12.5 Å². The topological polar surface area (TPSA) is 43.4 Å². The fourth-order valence-corrected chi connectivity index (χ4v) is 3.14. The monoisotopic (exact) mass is 286 g/mol. The number of sulfone groups is 1. The van der Waals surface area contributed by atoms with E-state index in [4.69, 9.17) is 4.74 Å². The molecular weight excluding hydrogens is 264 g/mol. The summed E-state index contributed by atoms with van der Waals surface area (Å²) in [5.74, 6) is -0.222. The Labute approximate surface area is 111 Å². The van der Waals surface area contributed by atoms with Gasteiger partial charge in [0.25, 0.3) is 0 Å². The summed E-state index contributed by atoms with van der Waals surface area (Å²) in [4.78, 5) is 0.334. The molecule has 0 N–H and O–H groups in total. The molecule has 102 valence electrons. The Morgan fingerprint density at radius 3 is 2.17 bits per heavy atom. The van der Waals surface area contributed by atoms with Crippen LogP contribution in [-0.2, 0) is 14.6 Å². The summed E-state index contributed by atoms with van der Waals surface area (Å²) >= 11 is 0. The molecule has 0 saturated carbocycles. The van der Waals surface area contributed by atoms with E-state index in [-0.39, 0.29) is 5.94 Å². The number of benzene rings is 1. The Kier molecular flexibility index (Phi) is 5.13. The van der Waals surface area contributed by atoms with Crippen LogP contribution in [0.25, 0.3) is 0 Å². The summed E-state index contributed by atoms with van der Waals surface area (Å²) in [5, 5.41) is 0. The van der Waals surface area contributed by atoms with Crippen LogP contribution in [0, 0.1) is 6.92 Å². The molecule has 0 spiro atoms. The minimum absolute atomic E-state index is 0.222. The number of rotatable bonds is 6. The van der Waals surface area contributed by atoms with E-state index in [1.807, 2.05) is 6.92 Å². The van der Waals surface area contributed by atoms with Crippen molar-refractivity contribution in [3.05, 3.63) is 29.8 Å². The lowest BCUT2D eigenvalue weighted by Gasteiger charge is -2.15. The van der Waals surface area contributed by atoms with Crippen molar-refractivity contribution in [1.82, 2.24) is 0 Å². The first kappa shape index (κ1) is 15.4. The van der Waals surface area contributed by atoms with E-state index < -0.39 is 17.9 Å². The molecule has 0 aliphatic heterocycles. The summed E-state index contributed by atoms with van der Waals surface area (Å²) in [6.45, 7) is 9.18. The van der Waals surface area contributed by atoms with Crippen LogP contribution in [-0.4, -0.2) is 29.0 Å². The summed E-state index contributed by atoms with van der Waals surface area (Å²) in [6, 6.07) is 7.85. The summed E-state index contributed by atoms with van der Waals surface area (Å²) in [5.41, 5.74) is 1.05. The van der Waals surface area contributed by atoms with Gasteiger partial charge in [-0.2, -0.15) is 0 Å². The largest absolute Gasteiger partial charge is 0.365 e. The zero-order chi connectivity index (χ0) is 13.8. The summed E-state index contributed by atoms with van der Waals surface area (Å²) in [6.07, 6.45) is 0. The van der Waals surface area contributed by atoms with Crippen molar-refractivity contribution in [2.24, 2.45) is 0 Å². The molecule has 1 aromatic carbocycles.